The lowest BCUT2D eigenvalue weighted by molar-refractivity contribution is -0.147. The molecule has 2 aromatic carbocycles. The third-order valence-corrected chi connectivity index (χ3v) is 3.83. The van der Waals surface area contributed by atoms with Crippen molar-refractivity contribution in [2.75, 3.05) is 13.7 Å². The minimum absolute atomic E-state index is 0.0619. The number of Topliss-reactive ketones (excluding diaryl/α,β-unsaturated/α-hetero) is 1. The zero-order valence-electron chi connectivity index (χ0n) is 13.4. The second-order valence-electron chi connectivity index (χ2n) is 5.00. The molecule has 0 atom stereocenters. The van der Waals surface area contributed by atoms with E-state index in [4.69, 9.17) is 14.2 Å². The lowest BCUT2D eigenvalue weighted by Crippen LogP contribution is -2.15. The zero-order valence-corrected chi connectivity index (χ0v) is 15.0. The van der Waals surface area contributed by atoms with Crippen LogP contribution in [-0.4, -0.2) is 25.5 Å². The molecule has 0 aliphatic rings. The molecule has 0 aliphatic heterocycles. The summed E-state index contributed by atoms with van der Waals surface area (Å²) in [5.74, 6) is 0.605. The number of rotatable bonds is 7. The Balaban J connectivity index is 1.84. The summed E-state index contributed by atoms with van der Waals surface area (Å²) >= 11 is 3.38. The van der Waals surface area contributed by atoms with E-state index in [-0.39, 0.29) is 19.0 Å². The van der Waals surface area contributed by atoms with E-state index in [2.05, 4.69) is 15.9 Å². The van der Waals surface area contributed by atoms with Crippen LogP contribution in [0.5, 0.6) is 11.5 Å². The van der Waals surface area contributed by atoms with E-state index in [1.54, 1.807) is 37.4 Å². The van der Waals surface area contributed by atoms with Crippen molar-refractivity contribution in [2.24, 2.45) is 0 Å². The minimum Gasteiger partial charge on any atom is -0.496 e. The van der Waals surface area contributed by atoms with Crippen LogP contribution in [0.25, 0.3) is 0 Å². The summed E-state index contributed by atoms with van der Waals surface area (Å²) in [7, 11) is 1.58. The van der Waals surface area contributed by atoms with Crippen LogP contribution in [0.15, 0.2) is 46.9 Å². The quantitative estimate of drug-likeness (QED) is 0.529. The molecule has 0 radical (unpaired) electrons. The number of carbonyl (C=O) groups excluding carboxylic acids is 2. The van der Waals surface area contributed by atoms with Crippen LogP contribution < -0.4 is 9.47 Å². The number of halogens is 1. The molecular formula is C18H17BrO5. The molecule has 0 fully saturated rings. The van der Waals surface area contributed by atoms with Gasteiger partial charge in [0.1, 0.15) is 18.1 Å². The first-order valence-corrected chi connectivity index (χ1v) is 8.00. The van der Waals surface area contributed by atoms with E-state index in [9.17, 15) is 9.59 Å². The maximum atomic E-state index is 11.8. The smallest absolute Gasteiger partial charge is 0.344 e. The second kappa shape index (κ2) is 8.49. The highest BCUT2D eigenvalue weighted by atomic mass is 79.9. The van der Waals surface area contributed by atoms with Crippen LogP contribution in [0, 0.1) is 0 Å². The van der Waals surface area contributed by atoms with Gasteiger partial charge in [-0.1, -0.05) is 18.2 Å². The number of hydrogen-bond acceptors (Lipinski definition) is 5. The van der Waals surface area contributed by atoms with Gasteiger partial charge in [-0.15, -0.1) is 0 Å². The van der Waals surface area contributed by atoms with Gasteiger partial charge >= 0.3 is 5.97 Å². The van der Waals surface area contributed by atoms with Gasteiger partial charge in [0.15, 0.2) is 12.4 Å². The standard InChI is InChI=1S/C18H17BrO5/c1-12(20)14-4-3-5-15(9-14)23-11-18(21)24-10-13-6-7-17(22-2)16(19)8-13/h3-9H,10-11H2,1-2H3. The van der Waals surface area contributed by atoms with E-state index in [0.717, 1.165) is 10.0 Å². The molecule has 126 valence electrons. The molecule has 2 rings (SSSR count). The van der Waals surface area contributed by atoms with E-state index in [0.29, 0.717) is 17.1 Å². The van der Waals surface area contributed by atoms with E-state index >= 15 is 0 Å². The zero-order chi connectivity index (χ0) is 17.5. The fourth-order valence-electron chi connectivity index (χ4n) is 1.95. The average Bonchev–Trinajstić information content (AvgIpc) is 2.58. The first-order valence-electron chi connectivity index (χ1n) is 7.21. The van der Waals surface area contributed by atoms with E-state index < -0.39 is 5.97 Å². The Kier molecular flexibility index (Phi) is 6.37. The van der Waals surface area contributed by atoms with Crippen molar-refractivity contribution < 1.29 is 23.8 Å². The highest BCUT2D eigenvalue weighted by Gasteiger charge is 2.08. The monoisotopic (exact) mass is 392 g/mol. The molecule has 0 saturated heterocycles. The third kappa shape index (κ3) is 5.09. The van der Waals surface area contributed by atoms with Gasteiger partial charge in [0.25, 0.3) is 0 Å². The predicted molar refractivity (Wildman–Crippen MR) is 92.4 cm³/mol. The fourth-order valence-corrected chi connectivity index (χ4v) is 2.54. The summed E-state index contributed by atoms with van der Waals surface area (Å²) in [6.45, 7) is 1.39. The van der Waals surface area contributed by atoms with Crippen molar-refractivity contribution >= 4 is 27.7 Å². The highest BCUT2D eigenvalue weighted by molar-refractivity contribution is 9.10. The van der Waals surface area contributed by atoms with Crippen molar-refractivity contribution in [1.29, 1.82) is 0 Å². The summed E-state index contributed by atoms with van der Waals surface area (Å²) in [6.07, 6.45) is 0. The van der Waals surface area contributed by atoms with Gasteiger partial charge in [-0.25, -0.2) is 4.79 Å². The topological polar surface area (TPSA) is 61.8 Å². The summed E-state index contributed by atoms with van der Waals surface area (Å²) in [6, 6.07) is 12.1. The number of ketones is 1. The van der Waals surface area contributed by atoms with Gasteiger partial charge in [0, 0.05) is 5.56 Å². The van der Waals surface area contributed by atoms with Crippen molar-refractivity contribution in [1.82, 2.24) is 0 Å². The molecule has 2 aromatic rings. The Morgan fingerprint density at radius 1 is 1.12 bits per heavy atom. The van der Waals surface area contributed by atoms with Crippen LogP contribution in [0.3, 0.4) is 0 Å². The number of ether oxygens (including phenoxy) is 3. The second-order valence-corrected chi connectivity index (χ2v) is 5.86. The first-order chi connectivity index (χ1) is 11.5. The molecule has 24 heavy (non-hydrogen) atoms. The van der Waals surface area contributed by atoms with Crippen molar-refractivity contribution in [3.8, 4) is 11.5 Å². The average molecular weight is 393 g/mol. The number of esters is 1. The maximum absolute atomic E-state index is 11.8. The fraction of sp³-hybridized carbons (Fsp3) is 0.222. The number of hydrogen-bond donors (Lipinski definition) is 0. The largest absolute Gasteiger partial charge is 0.496 e. The van der Waals surface area contributed by atoms with Gasteiger partial charge in [0.05, 0.1) is 11.6 Å². The van der Waals surface area contributed by atoms with Gasteiger partial charge < -0.3 is 14.2 Å². The molecule has 0 heterocycles. The molecule has 6 heteroatoms. The Labute approximate surface area is 148 Å². The molecule has 5 nitrogen and oxygen atoms in total. The van der Waals surface area contributed by atoms with Crippen LogP contribution in [0.1, 0.15) is 22.8 Å². The number of carbonyl (C=O) groups is 2. The lowest BCUT2D eigenvalue weighted by atomic mass is 10.1. The molecule has 0 spiro atoms. The Bertz CT molecular complexity index is 742. The molecule has 0 aliphatic carbocycles. The summed E-state index contributed by atoms with van der Waals surface area (Å²) in [4.78, 5) is 23.1. The van der Waals surface area contributed by atoms with Crippen LogP contribution >= 0.6 is 15.9 Å². The third-order valence-electron chi connectivity index (χ3n) is 3.21. The molecular weight excluding hydrogens is 376 g/mol. The Morgan fingerprint density at radius 3 is 2.58 bits per heavy atom. The Morgan fingerprint density at radius 2 is 1.92 bits per heavy atom. The lowest BCUT2D eigenvalue weighted by Gasteiger charge is -2.09. The van der Waals surface area contributed by atoms with Crippen molar-refractivity contribution in [3.63, 3.8) is 0 Å². The number of benzene rings is 2. The van der Waals surface area contributed by atoms with Gasteiger partial charge in [0.2, 0.25) is 0 Å². The van der Waals surface area contributed by atoms with E-state index in [1.807, 2.05) is 12.1 Å². The Hall–Kier alpha value is -2.34. The predicted octanol–water partition coefficient (Wildman–Crippen LogP) is 3.78. The molecule has 0 N–H and O–H groups in total. The van der Waals surface area contributed by atoms with Crippen molar-refractivity contribution in [3.05, 3.63) is 58.1 Å². The summed E-state index contributed by atoms with van der Waals surface area (Å²) in [5, 5.41) is 0. The molecule has 0 aromatic heterocycles. The summed E-state index contributed by atoms with van der Waals surface area (Å²) < 4.78 is 16.4. The highest BCUT2D eigenvalue weighted by Crippen LogP contribution is 2.25. The van der Waals surface area contributed by atoms with Crippen LogP contribution in [0.2, 0.25) is 0 Å². The minimum atomic E-state index is -0.491. The SMILES string of the molecule is COc1ccc(COC(=O)COc2cccc(C(C)=O)c2)cc1Br. The number of methoxy groups -OCH3 is 1. The summed E-state index contributed by atoms with van der Waals surface area (Å²) in [5.41, 5.74) is 1.36. The molecule has 0 bridgehead atoms. The maximum Gasteiger partial charge on any atom is 0.344 e. The van der Waals surface area contributed by atoms with Crippen molar-refractivity contribution in [2.45, 2.75) is 13.5 Å². The molecule has 0 amide bonds. The van der Waals surface area contributed by atoms with Gasteiger partial charge in [-0.05, 0) is 52.7 Å². The normalized spacial score (nSPS) is 10.1. The molecule has 0 unspecified atom stereocenters. The van der Waals surface area contributed by atoms with Crippen LogP contribution in [-0.2, 0) is 16.1 Å². The van der Waals surface area contributed by atoms with Gasteiger partial charge in [-0.2, -0.15) is 0 Å². The van der Waals surface area contributed by atoms with E-state index in [1.165, 1.54) is 6.92 Å². The molecule has 0 saturated carbocycles. The van der Waals surface area contributed by atoms with Gasteiger partial charge in [-0.3, -0.25) is 4.79 Å². The first kappa shape index (κ1) is 18.0. The van der Waals surface area contributed by atoms with Crippen LogP contribution in [0.4, 0.5) is 0 Å².